The van der Waals surface area contributed by atoms with Crippen LogP contribution < -0.4 is 15.4 Å². The summed E-state index contributed by atoms with van der Waals surface area (Å²) in [4.78, 5) is 8.99. The molecule has 2 N–H and O–H groups in total. The minimum atomic E-state index is 0.573. The Balaban J connectivity index is 1.75. The standard InChI is InChI=1S/C19H19BrN4O/c1-13-10-18(23-16-8-5-7-15(20)11-16)24-19(22-13)21-12-14-6-3-4-9-17(14)25-2/h3-11H,12H2,1-2H3,(H2,21,22,23,24). The van der Waals surface area contributed by atoms with Gasteiger partial charge in [0.2, 0.25) is 5.95 Å². The van der Waals surface area contributed by atoms with Crippen LogP contribution in [0.4, 0.5) is 17.5 Å². The maximum absolute atomic E-state index is 5.37. The number of anilines is 3. The van der Waals surface area contributed by atoms with Gasteiger partial charge in [0, 0.05) is 34.0 Å². The SMILES string of the molecule is COc1ccccc1CNc1nc(C)cc(Nc2cccc(Br)c2)n1. The van der Waals surface area contributed by atoms with Gasteiger partial charge >= 0.3 is 0 Å². The average molecular weight is 399 g/mol. The molecule has 0 bridgehead atoms. The van der Waals surface area contributed by atoms with E-state index < -0.39 is 0 Å². The monoisotopic (exact) mass is 398 g/mol. The fourth-order valence-corrected chi connectivity index (χ4v) is 2.85. The number of nitrogens with zero attached hydrogens (tertiary/aromatic N) is 2. The Morgan fingerprint density at radius 3 is 2.68 bits per heavy atom. The molecule has 0 atom stereocenters. The Bertz CT molecular complexity index is 870. The highest BCUT2D eigenvalue weighted by molar-refractivity contribution is 9.10. The molecule has 128 valence electrons. The number of rotatable bonds is 6. The van der Waals surface area contributed by atoms with E-state index in [1.807, 2.05) is 61.5 Å². The van der Waals surface area contributed by atoms with E-state index in [0.717, 1.165) is 33.0 Å². The Kier molecular flexibility index (Phi) is 5.50. The van der Waals surface area contributed by atoms with E-state index in [1.165, 1.54) is 0 Å². The molecule has 2 aromatic carbocycles. The van der Waals surface area contributed by atoms with Crippen LogP contribution in [0.3, 0.4) is 0 Å². The fraction of sp³-hybridized carbons (Fsp3) is 0.158. The van der Waals surface area contributed by atoms with Crippen LogP contribution >= 0.6 is 15.9 Å². The minimum Gasteiger partial charge on any atom is -0.496 e. The number of aromatic nitrogens is 2. The number of hydrogen-bond donors (Lipinski definition) is 2. The van der Waals surface area contributed by atoms with Gasteiger partial charge in [-0.15, -0.1) is 0 Å². The minimum absolute atomic E-state index is 0.573. The zero-order valence-electron chi connectivity index (χ0n) is 14.1. The predicted molar refractivity (Wildman–Crippen MR) is 105 cm³/mol. The summed E-state index contributed by atoms with van der Waals surface area (Å²) in [5.74, 6) is 2.16. The van der Waals surface area contributed by atoms with Crippen LogP contribution in [-0.4, -0.2) is 17.1 Å². The molecule has 0 radical (unpaired) electrons. The third-order valence-corrected chi connectivity index (χ3v) is 4.07. The van der Waals surface area contributed by atoms with Gasteiger partial charge in [-0.1, -0.05) is 40.2 Å². The van der Waals surface area contributed by atoms with Gasteiger partial charge < -0.3 is 15.4 Å². The number of methoxy groups -OCH3 is 1. The lowest BCUT2D eigenvalue weighted by atomic mass is 10.2. The Morgan fingerprint density at radius 1 is 1.04 bits per heavy atom. The highest BCUT2D eigenvalue weighted by Crippen LogP contribution is 2.21. The van der Waals surface area contributed by atoms with Gasteiger partial charge in [0.25, 0.3) is 0 Å². The maximum Gasteiger partial charge on any atom is 0.225 e. The van der Waals surface area contributed by atoms with Crippen LogP contribution in [-0.2, 0) is 6.54 Å². The third-order valence-electron chi connectivity index (χ3n) is 3.58. The van der Waals surface area contributed by atoms with Gasteiger partial charge in [0.1, 0.15) is 11.6 Å². The molecule has 0 fully saturated rings. The van der Waals surface area contributed by atoms with Crippen molar-refractivity contribution in [3.8, 4) is 5.75 Å². The molecule has 1 aromatic heterocycles. The van der Waals surface area contributed by atoms with Gasteiger partial charge in [0.15, 0.2) is 0 Å². The van der Waals surface area contributed by atoms with Crippen LogP contribution in [0, 0.1) is 6.92 Å². The van der Waals surface area contributed by atoms with Crippen LogP contribution in [0.5, 0.6) is 5.75 Å². The number of halogens is 1. The van der Waals surface area contributed by atoms with Crippen molar-refractivity contribution in [3.05, 3.63) is 70.3 Å². The van der Waals surface area contributed by atoms with Crippen molar-refractivity contribution in [1.82, 2.24) is 9.97 Å². The largest absolute Gasteiger partial charge is 0.496 e. The second-order valence-electron chi connectivity index (χ2n) is 5.52. The Hall–Kier alpha value is -2.60. The summed E-state index contributed by atoms with van der Waals surface area (Å²) < 4.78 is 6.39. The molecule has 3 aromatic rings. The summed E-state index contributed by atoms with van der Waals surface area (Å²) >= 11 is 3.47. The molecule has 0 saturated heterocycles. The van der Waals surface area contributed by atoms with Crippen molar-refractivity contribution in [2.24, 2.45) is 0 Å². The summed E-state index contributed by atoms with van der Waals surface area (Å²) in [6.45, 7) is 2.53. The first-order valence-corrected chi connectivity index (χ1v) is 8.67. The predicted octanol–water partition coefficient (Wildman–Crippen LogP) is 4.91. The van der Waals surface area contributed by atoms with Crippen molar-refractivity contribution < 1.29 is 4.74 Å². The first-order chi connectivity index (χ1) is 12.1. The molecule has 0 spiro atoms. The molecule has 1 heterocycles. The van der Waals surface area contributed by atoms with Crippen LogP contribution in [0.15, 0.2) is 59.1 Å². The Morgan fingerprint density at radius 2 is 1.88 bits per heavy atom. The molecule has 5 nitrogen and oxygen atoms in total. The van der Waals surface area contributed by atoms with E-state index >= 15 is 0 Å². The molecular formula is C19H19BrN4O. The molecule has 0 amide bonds. The number of nitrogens with one attached hydrogen (secondary N) is 2. The van der Waals surface area contributed by atoms with Crippen molar-refractivity contribution in [2.45, 2.75) is 13.5 Å². The fourth-order valence-electron chi connectivity index (χ4n) is 2.45. The summed E-state index contributed by atoms with van der Waals surface area (Å²) in [5, 5.41) is 6.56. The molecule has 3 rings (SSSR count). The average Bonchev–Trinajstić information content (AvgIpc) is 2.60. The van der Waals surface area contributed by atoms with Crippen molar-refractivity contribution in [3.63, 3.8) is 0 Å². The van der Waals surface area contributed by atoms with E-state index in [1.54, 1.807) is 7.11 Å². The van der Waals surface area contributed by atoms with Crippen LogP contribution in [0.2, 0.25) is 0 Å². The number of aryl methyl sites for hydroxylation is 1. The Labute approximate surface area is 155 Å². The third kappa shape index (κ3) is 4.70. The zero-order chi connectivity index (χ0) is 17.6. The molecule has 25 heavy (non-hydrogen) atoms. The van der Waals surface area contributed by atoms with E-state index in [2.05, 4.69) is 36.5 Å². The molecule has 0 aliphatic heterocycles. The molecule has 6 heteroatoms. The smallest absolute Gasteiger partial charge is 0.225 e. The molecular weight excluding hydrogens is 380 g/mol. The highest BCUT2D eigenvalue weighted by Gasteiger charge is 2.06. The second-order valence-corrected chi connectivity index (χ2v) is 6.43. The van der Waals surface area contributed by atoms with Crippen molar-refractivity contribution in [2.75, 3.05) is 17.7 Å². The quantitative estimate of drug-likeness (QED) is 0.617. The summed E-state index contributed by atoms with van der Waals surface area (Å²) in [6.07, 6.45) is 0. The first kappa shape index (κ1) is 17.2. The van der Waals surface area contributed by atoms with E-state index in [4.69, 9.17) is 4.74 Å². The van der Waals surface area contributed by atoms with Gasteiger partial charge in [-0.25, -0.2) is 4.98 Å². The van der Waals surface area contributed by atoms with Crippen molar-refractivity contribution >= 4 is 33.4 Å². The molecule has 0 unspecified atom stereocenters. The lowest BCUT2D eigenvalue weighted by Gasteiger charge is -2.12. The normalized spacial score (nSPS) is 10.4. The van der Waals surface area contributed by atoms with Gasteiger partial charge in [-0.2, -0.15) is 4.98 Å². The summed E-state index contributed by atoms with van der Waals surface area (Å²) in [5.41, 5.74) is 2.90. The van der Waals surface area contributed by atoms with E-state index in [9.17, 15) is 0 Å². The topological polar surface area (TPSA) is 59.1 Å². The number of ether oxygens (including phenoxy) is 1. The van der Waals surface area contributed by atoms with Crippen LogP contribution in [0.25, 0.3) is 0 Å². The molecule has 0 aliphatic rings. The van der Waals surface area contributed by atoms with E-state index in [-0.39, 0.29) is 0 Å². The van der Waals surface area contributed by atoms with Gasteiger partial charge in [-0.05, 0) is 31.2 Å². The second kappa shape index (κ2) is 7.98. The number of para-hydroxylation sites is 1. The molecule has 0 saturated carbocycles. The van der Waals surface area contributed by atoms with Crippen molar-refractivity contribution in [1.29, 1.82) is 0 Å². The van der Waals surface area contributed by atoms with Crippen LogP contribution in [0.1, 0.15) is 11.3 Å². The number of hydrogen-bond acceptors (Lipinski definition) is 5. The first-order valence-electron chi connectivity index (χ1n) is 7.88. The van der Waals surface area contributed by atoms with Gasteiger partial charge in [-0.3, -0.25) is 0 Å². The summed E-state index contributed by atoms with van der Waals surface area (Å²) in [7, 11) is 1.67. The lowest BCUT2D eigenvalue weighted by Crippen LogP contribution is -2.07. The summed E-state index contributed by atoms with van der Waals surface area (Å²) in [6, 6.07) is 17.7. The zero-order valence-corrected chi connectivity index (χ0v) is 15.7. The van der Waals surface area contributed by atoms with E-state index in [0.29, 0.717) is 12.5 Å². The maximum atomic E-state index is 5.37. The molecule has 0 aliphatic carbocycles. The van der Waals surface area contributed by atoms with Gasteiger partial charge in [0.05, 0.1) is 7.11 Å². The highest BCUT2D eigenvalue weighted by atomic mass is 79.9. The lowest BCUT2D eigenvalue weighted by molar-refractivity contribution is 0.410. The number of benzene rings is 2.